The average Bonchev–Trinajstić information content (AvgIpc) is 2.77. The minimum atomic E-state index is -0.481. The SMILES string of the molecule is COC(=O)c1cc(C(=O)/C=C/c2ccc(OC)cc2)cc(-c2ccccc2)c1. The molecule has 0 saturated carbocycles. The molecule has 0 N–H and O–H groups in total. The molecule has 4 nitrogen and oxygen atoms in total. The van der Waals surface area contributed by atoms with E-state index in [9.17, 15) is 9.59 Å². The lowest BCUT2D eigenvalue weighted by atomic mass is 9.97. The number of hydrogen-bond donors (Lipinski definition) is 0. The molecule has 0 aliphatic carbocycles. The van der Waals surface area contributed by atoms with E-state index < -0.39 is 5.97 Å². The van der Waals surface area contributed by atoms with Crippen LogP contribution in [-0.2, 0) is 4.74 Å². The predicted molar refractivity (Wildman–Crippen MR) is 110 cm³/mol. The van der Waals surface area contributed by atoms with Crippen LogP contribution in [0.5, 0.6) is 5.75 Å². The highest BCUT2D eigenvalue weighted by Gasteiger charge is 2.13. The lowest BCUT2D eigenvalue weighted by Crippen LogP contribution is -2.04. The highest BCUT2D eigenvalue weighted by molar-refractivity contribution is 6.08. The lowest BCUT2D eigenvalue weighted by molar-refractivity contribution is 0.0601. The molecule has 0 atom stereocenters. The van der Waals surface area contributed by atoms with Crippen LogP contribution in [0.1, 0.15) is 26.3 Å². The van der Waals surface area contributed by atoms with E-state index in [2.05, 4.69) is 0 Å². The molecule has 0 aliphatic heterocycles. The van der Waals surface area contributed by atoms with Crippen LogP contribution in [0.2, 0.25) is 0 Å². The van der Waals surface area contributed by atoms with Crippen LogP contribution in [0.25, 0.3) is 17.2 Å². The molecule has 4 heteroatoms. The molecule has 28 heavy (non-hydrogen) atoms. The maximum absolute atomic E-state index is 12.7. The van der Waals surface area contributed by atoms with E-state index in [1.54, 1.807) is 31.4 Å². The van der Waals surface area contributed by atoms with Crippen molar-refractivity contribution in [3.63, 3.8) is 0 Å². The highest BCUT2D eigenvalue weighted by Crippen LogP contribution is 2.23. The molecule has 0 bridgehead atoms. The van der Waals surface area contributed by atoms with Gasteiger partial charge < -0.3 is 9.47 Å². The van der Waals surface area contributed by atoms with Crippen molar-refractivity contribution < 1.29 is 19.1 Å². The molecule has 3 aromatic rings. The molecule has 3 aromatic carbocycles. The minimum absolute atomic E-state index is 0.196. The van der Waals surface area contributed by atoms with Gasteiger partial charge >= 0.3 is 5.97 Å². The molecule has 0 amide bonds. The van der Waals surface area contributed by atoms with Gasteiger partial charge in [-0.15, -0.1) is 0 Å². The zero-order valence-electron chi connectivity index (χ0n) is 15.7. The molecule has 0 radical (unpaired) electrons. The van der Waals surface area contributed by atoms with E-state index in [-0.39, 0.29) is 5.78 Å². The Morgan fingerprint density at radius 1 is 0.786 bits per heavy atom. The summed E-state index contributed by atoms with van der Waals surface area (Å²) in [4.78, 5) is 24.8. The van der Waals surface area contributed by atoms with Crippen molar-refractivity contribution in [2.45, 2.75) is 0 Å². The van der Waals surface area contributed by atoms with Crippen molar-refractivity contribution in [3.8, 4) is 16.9 Å². The van der Waals surface area contributed by atoms with E-state index in [0.717, 1.165) is 22.4 Å². The lowest BCUT2D eigenvalue weighted by Gasteiger charge is -2.08. The van der Waals surface area contributed by atoms with E-state index in [1.165, 1.54) is 13.2 Å². The first kappa shape index (κ1) is 19.1. The number of methoxy groups -OCH3 is 2. The highest BCUT2D eigenvalue weighted by atomic mass is 16.5. The van der Waals surface area contributed by atoms with E-state index in [0.29, 0.717) is 11.1 Å². The number of ether oxygens (including phenoxy) is 2. The molecule has 0 saturated heterocycles. The third-order valence-electron chi connectivity index (χ3n) is 4.29. The van der Waals surface area contributed by atoms with Gasteiger partial charge in [-0.25, -0.2) is 4.79 Å². The number of allylic oxidation sites excluding steroid dienone is 1. The zero-order chi connectivity index (χ0) is 19.9. The topological polar surface area (TPSA) is 52.6 Å². The summed E-state index contributed by atoms with van der Waals surface area (Å²) in [6.45, 7) is 0. The van der Waals surface area contributed by atoms with Gasteiger partial charge in [0.25, 0.3) is 0 Å². The Kier molecular flexibility index (Phi) is 6.02. The third kappa shape index (κ3) is 4.54. The summed E-state index contributed by atoms with van der Waals surface area (Å²) in [5.74, 6) is 0.0754. The molecular formula is C24H20O4. The summed E-state index contributed by atoms with van der Waals surface area (Å²) in [6.07, 6.45) is 3.22. The first-order chi connectivity index (χ1) is 13.6. The first-order valence-corrected chi connectivity index (χ1v) is 8.76. The maximum atomic E-state index is 12.7. The van der Waals surface area contributed by atoms with Gasteiger partial charge in [-0.05, 0) is 53.1 Å². The Balaban J connectivity index is 1.93. The number of carbonyl (C=O) groups is 2. The molecule has 0 aliphatic rings. The van der Waals surface area contributed by atoms with Gasteiger partial charge in [-0.1, -0.05) is 48.5 Å². The molecule has 0 unspecified atom stereocenters. The largest absolute Gasteiger partial charge is 0.497 e. The number of ketones is 1. The average molecular weight is 372 g/mol. The van der Waals surface area contributed by atoms with E-state index >= 15 is 0 Å². The van der Waals surface area contributed by atoms with Crippen molar-refractivity contribution in [2.24, 2.45) is 0 Å². The second-order valence-electron chi connectivity index (χ2n) is 6.13. The van der Waals surface area contributed by atoms with Crippen molar-refractivity contribution in [1.82, 2.24) is 0 Å². The summed E-state index contributed by atoms with van der Waals surface area (Å²) in [6, 6.07) is 22.0. The molecule has 0 spiro atoms. The number of rotatable bonds is 6. The fourth-order valence-electron chi connectivity index (χ4n) is 2.79. The Bertz CT molecular complexity index is 1000. The van der Waals surface area contributed by atoms with Gasteiger partial charge in [0.15, 0.2) is 5.78 Å². The van der Waals surface area contributed by atoms with Gasteiger partial charge in [-0.3, -0.25) is 4.79 Å². The van der Waals surface area contributed by atoms with Crippen molar-refractivity contribution in [1.29, 1.82) is 0 Å². The van der Waals surface area contributed by atoms with Gasteiger partial charge in [0.05, 0.1) is 19.8 Å². The van der Waals surface area contributed by atoms with Crippen LogP contribution in [0, 0.1) is 0 Å². The monoisotopic (exact) mass is 372 g/mol. The van der Waals surface area contributed by atoms with E-state index in [4.69, 9.17) is 9.47 Å². The van der Waals surface area contributed by atoms with Crippen LogP contribution in [0.3, 0.4) is 0 Å². The molecule has 0 heterocycles. The quantitative estimate of drug-likeness (QED) is 0.345. The standard InChI is InChI=1S/C24H20O4/c1-27-22-11-8-17(9-12-22)10-13-23(25)20-14-19(18-6-4-3-5-7-18)15-21(16-20)24(26)28-2/h3-16H,1-2H3/b13-10+. The van der Waals surface area contributed by atoms with Crippen LogP contribution >= 0.6 is 0 Å². The zero-order valence-corrected chi connectivity index (χ0v) is 15.7. The normalized spacial score (nSPS) is 10.6. The number of carbonyl (C=O) groups excluding carboxylic acids is 2. The molecular weight excluding hydrogens is 352 g/mol. The van der Waals surface area contributed by atoms with Crippen molar-refractivity contribution in [2.75, 3.05) is 14.2 Å². The van der Waals surface area contributed by atoms with Crippen molar-refractivity contribution in [3.05, 3.63) is 95.6 Å². The fraction of sp³-hybridized carbons (Fsp3) is 0.0833. The second-order valence-corrected chi connectivity index (χ2v) is 6.13. The summed E-state index contributed by atoms with van der Waals surface area (Å²) < 4.78 is 9.96. The summed E-state index contributed by atoms with van der Waals surface area (Å²) in [5.41, 5.74) is 3.34. The number of hydrogen-bond acceptors (Lipinski definition) is 4. The molecule has 0 fully saturated rings. The first-order valence-electron chi connectivity index (χ1n) is 8.76. The van der Waals surface area contributed by atoms with Crippen LogP contribution in [-0.4, -0.2) is 26.0 Å². The Hall–Kier alpha value is -3.66. The van der Waals surface area contributed by atoms with Gasteiger partial charge in [0, 0.05) is 5.56 Å². The number of esters is 1. The number of benzene rings is 3. The van der Waals surface area contributed by atoms with Crippen LogP contribution in [0.4, 0.5) is 0 Å². The summed E-state index contributed by atoms with van der Waals surface area (Å²) in [5, 5.41) is 0. The Morgan fingerprint density at radius 3 is 2.11 bits per heavy atom. The molecule has 140 valence electrons. The third-order valence-corrected chi connectivity index (χ3v) is 4.29. The van der Waals surface area contributed by atoms with Gasteiger partial charge in [0.2, 0.25) is 0 Å². The Labute approximate surface area is 164 Å². The van der Waals surface area contributed by atoms with Gasteiger partial charge in [-0.2, -0.15) is 0 Å². The van der Waals surface area contributed by atoms with Gasteiger partial charge in [0.1, 0.15) is 5.75 Å². The summed E-state index contributed by atoms with van der Waals surface area (Å²) in [7, 11) is 2.93. The van der Waals surface area contributed by atoms with Crippen molar-refractivity contribution >= 4 is 17.8 Å². The Morgan fingerprint density at radius 2 is 1.46 bits per heavy atom. The second kappa shape index (κ2) is 8.82. The van der Waals surface area contributed by atoms with E-state index in [1.807, 2.05) is 54.6 Å². The molecule has 0 aromatic heterocycles. The smallest absolute Gasteiger partial charge is 0.337 e. The predicted octanol–water partition coefficient (Wildman–Crippen LogP) is 5.04. The molecule has 3 rings (SSSR count). The van der Waals surface area contributed by atoms with Crippen LogP contribution in [0.15, 0.2) is 78.9 Å². The van der Waals surface area contributed by atoms with Crippen LogP contribution < -0.4 is 4.74 Å². The summed E-state index contributed by atoms with van der Waals surface area (Å²) >= 11 is 0. The fourth-order valence-corrected chi connectivity index (χ4v) is 2.79. The minimum Gasteiger partial charge on any atom is -0.497 e. The maximum Gasteiger partial charge on any atom is 0.337 e.